The first-order valence-corrected chi connectivity index (χ1v) is 14.5. The van der Waals surface area contributed by atoms with E-state index in [0.717, 1.165) is 49.7 Å². The van der Waals surface area contributed by atoms with Crippen molar-refractivity contribution in [1.82, 2.24) is 0 Å². The van der Waals surface area contributed by atoms with Crippen LogP contribution in [0.5, 0.6) is 5.75 Å². The van der Waals surface area contributed by atoms with Gasteiger partial charge in [0.2, 0.25) is 0 Å². The van der Waals surface area contributed by atoms with Gasteiger partial charge in [0.25, 0.3) is 0 Å². The van der Waals surface area contributed by atoms with Crippen molar-refractivity contribution in [3.63, 3.8) is 0 Å². The lowest BCUT2D eigenvalue weighted by Gasteiger charge is -2.29. The highest BCUT2D eigenvalue weighted by atomic mass is 19.2. The van der Waals surface area contributed by atoms with Crippen molar-refractivity contribution in [2.24, 2.45) is 0 Å². The molecule has 0 atom stereocenters. The number of hydrogen-bond donors (Lipinski definition) is 0. The fourth-order valence-electron chi connectivity index (χ4n) is 5.41. The lowest BCUT2D eigenvalue weighted by Crippen LogP contribution is -2.21. The third-order valence-electron chi connectivity index (χ3n) is 7.85. The van der Waals surface area contributed by atoms with Crippen LogP contribution < -0.4 is 4.74 Å². The molecule has 0 aliphatic heterocycles. The zero-order chi connectivity index (χ0) is 27.6. The zero-order valence-corrected chi connectivity index (χ0v) is 23.3. The van der Waals surface area contributed by atoms with Crippen molar-refractivity contribution in [1.29, 1.82) is 0 Å². The first-order chi connectivity index (χ1) is 19.0. The van der Waals surface area contributed by atoms with E-state index in [4.69, 9.17) is 9.47 Å². The van der Waals surface area contributed by atoms with Crippen LogP contribution in [-0.2, 0) is 11.3 Å². The lowest BCUT2D eigenvalue weighted by atomic mass is 9.82. The van der Waals surface area contributed by atoms with Gasteiger partial charge < -0.3 is 9.47 Å². The first kappa shape index (κ1) is 29.2. The van der Waals surface area contributed by atoms with E-state index in [0.29, 0.717) is 17.9 Å². The Kier molecular flexibility index (Phi) is 10.9. The summed E-state index contributed by atoms with van der Waals surface area (Å²) in [6.07, 6.45) is 10.2. The maximum Gasteiger partial charge on any atom is 0.167 e. The van der Waals surface area contributed by atoms with E-state index in [1.807, 2.05) is 31.2 Å². The van der Waals surface area contributed by atoms with Crippen LogP contribution in [0.15, 0.2) is 54.6 Å². The van der Waals surface area contributed by atoms with Gasteiger partial charge in [-0.05, 0) is 62.1 Å². The molecule has 0 spiro atoms. The Morgan fingerprint density at radius 3 is 2.21 bits per heavy atom. The van der Waals surface area contributed by atoms with E-state index in [9.17, 15) is 13.2 Å². The third-order valence-corrected chi connectivity index (χ3v) is 7.85. The largest absolute Gasteiger partial charge is 0.493 e. The number of hydrogen-bond acceptors (Lipinski definition) is 2. The summed E-state index contributed by atoms with van der Waals surface area (Å²) in [5, 5.41) is 0. The van der Waals surface area contributed by atoms with Crippen molar-refractivity contribution in [2.75, 3.05) is 6.61 Å². The van der Waals surface area contributed by atoms with E-state index in [1.54, 1.807) is 24.3 Å². The van der Waals surface area contributed by atoms with Crippen LogP contribution in [0.25, 0.3) is 11.1 Å². The minimum atomic E-state index is -0.859. The molecule has 1 saturated carbocycles. The van der Waals surface area contributed by atoms with Crippen LogP contribution in [0, 0.1) is 24.4 Å². The molecule has 5 heteroatoms. The molecule has 3 aromatic rings. The molecule has 39 heavy (non-hydrogen) atoms. The van der Waals surface area contributed by atoms with Crippen LogP contribution in [0.1, 0.15) is 93.7 Å². The summed E-state index contributed by atoms with van der Waals surface area (Å²) >= 11 is 0. The molecule has 1 aliphatic carbocycles. The van der Waals surface area contributed by atoms with Crippen molar-refractivity contribution < 1.29 is 22.6 Å². The topological polar surface area (TPSA) is 18.5 Å². The van der Waals surface area contributed by atoms with Crippen LogP contribution in [0.2, 0.25) is 0 Å². The predicted molar refractivity (Wildman–Crippen MR) is 152 cm³/mol. The quantitative estimate of drug-likeness (QED) is 0.202. The second-order valence-corrected chi connectivity index (χ2v) is 10.9. The van der Waals surface area contributed by atoms with Gasteiger partial charge >= 0.3 is 0 Å². The second kappa shape index (κ2) is 14.6. The molecular formula is C34H41F3O2. The van der Waals surface area contributed by atoms with Gasteiger partial charge in [0.15, 0.2) is 11.6 Å². The average molecular weight is 539 g/mol. The van der Waals surface area contributed by atoms with Gasteiger partial charge in [-0.3, -0.25) is 0 Å². The maximum atomic E-state index is 14.9. The summed E-state index contributed by atoms with van der Waals surface area (Å²) in [7, 11) is 0. The summed E-state index contributed by atoms with van der Waals surface area (Å²) in [6.45, 7) is 4.80. The Morgan fingerprint density at radius 2 is 1.49 bits per heavy atom. The molecule has 0 N–H and O–H groups in total. The minimum absolute atomic E-state index is 0.0191. The normalized spacial score (nSPS) is 17.4. The fourth-order valence-corrected chi connectivity index (χ4v) is 5.41. The molecule has 0 saturated heterocycles. The Morgan fingerprint density at radius 1 is 0.769 bits per heavy atom. The predicted octanol–water partition coefficient (Wildman–Crippen LogP) is 10.1. The Labute approximate surface area is 231 Å². The summed E-state index contributed by atoms with van der Waals surface area (Å²) in [6, 6.07) is 15.8. The Bertz CT molecular complexity index is 1180. The lowest BCUT2D eigenvalue weighted by molar-refractivity contribution is 0.0117. The van der Waals surface area contributed by atoms with Gasteiger partial charge in [-0.2, -0.15) is 0 Å². The molecule has 4 rings (SSSR count). The molecule has 0 bridgehead atoms. The van der Waals surface area contributed by atoms with E-state index in [2.05, 4.69) is 6.92 Å². The number of benzene rings is 3. The molecule has 1 aliphatic rings. The molecule has 2 nitrogen and oxygen atoms in total. The van der Waals surface area contributed by atoms with Gasteiger partial charge in [0.05, 0.1) is 19.3 Å². The number of rotatable bonds is 13. The minimum Gasteiger partial charge on any atom is -0.493 e. The van der Waals surface area contributed by atoms with Crippen molar-refractivity contribution in [3.8, 4) is 16.9 Å². The van der Waals surface area contributed by atoms with Crippen molar-refractivity contribution >= 4 is 0 Å². The maximum absolute atomic E-state index is 14.9. The zero-order valence-electron chi connectivity index (χ0n) is 23.3. The number of unbranched alkanes of at least 4 members (excludes halogenated alkanes) is 5. The SMILES string of the molecule is CCCCCCCCOc1ccc(C2CCC(OCc3ccc(-c4ccc(C)cc4)c(F)c3F)CC2)c(F)c1. The highest BCUT2D eigenvalue weighted by Gasteiger charge is 2.26. The number of halogens is 3. The van der Waals surface area contributed by atoms with E-state index in [1.165, 1.54) is 31.7 Å². The summed E-state index contributed by atoms with van der Waals surface area (Å²) in [5.74, 6) is -1.21. The van der Waals surface area contributed by atoms with Crippen LogP contribution in [0.3, 0.4) is 0 Å². The molecule has 0 unspecified atom stereocenters. The molecular weight excluding hydrogens is 497 g/mol. The smallest absolute Gasteiger partial charge is 0.167 e. The number of ether oxygens (including phenoxy) is 2. The highest BCUT2D eigenvalue weighted by molar-refractivity contribution is 5.65. The number of aryl methyl sites for hydroxylation is 1. The van der Waals surface area contributed by atoms with Crippen LogP contribution >= 0.6 is 0 Å². The van der Waals surface area contributed by atoms with Crippen LogP contribution in [0.4, 0.5) is 13.2 Å². The Balaban J connectivity index is 1.23. The molecule has 0 amide bonds. The van der Waals surface area contributed by atoms with E-state index < -0.39 is 11.6 Å². The van der Waals surface area contributed by atoms with E-state index >= 15 is 0 Å². The van der Waals surface area contributed by atoms with Gasteiger partial charge in [-0.15, -0.1) is 0 Å². The summed E-state index contributed by atoms with van der Waals surface area (Å²) in [5.41, 5.74) is 2.89. The highest BCUT2D eigenvalue weighted by Crippen LogP contribution is 2.37. The monoisotopic (exact) mass is 538 g/mol. The molecule has 0 heterocycles. The second-order valence-electron chi connectivity index (χ2n) is 10.9. The molecule has 1 fully saturated rings. The molecule has 0 radical (unpaired) electrons. The van der Waals surface area contributed by atoms with Gasteiger partial charge in [0, 0.05) is 17.2 Å². The van der Waals surface area contributed by atoms with Crippen molar-refractivity contribution in [2.45, 2.75) is 96.7 Å². The fraction of sp³-hybridized carbons (Fsp3) is 0.471. The van der Waals surface area contributed by atoms with Gasteiger partial charge in [-0.25, -0.2) is 13.2 Å². The molecule has 0 aromatic heterocycles. The molecule has 3 aromatic carbocycles. The summed E-state index contributed by atoms with van der Waals surface area (Å²) < 4.78 is 56.2. The Hall–Kier alpha value is -2.79. The summed E-state index contributed by atoms with van der Waals surface area (Å²) in [4.78, 5) is 0. The van der Waals surface area contributed by atoms with Crippen molar-refractivity contribution in [3.05, 3.63) is 88.7 Å². The average Bonchev–Trinajstić information content (AvgIpc) is 2.94. The van der Waals surface area contributed by atoms with Gasteiger partial charge in [-0.1, -0.05) is 87.1 Å². The van der Waals surface area contributed by atoms with E-state index in [-0.39, 0.29) is 35.6 Å². The standard InChI is InChI=1S/C34H41F3O2/c1-3-4-5-6-7-8-21-38-29-18-20-30(32(35)22-29)25-13-16-28(17-14-25)39-23-27-15-19-31(34(37)33(27)36)26-11-9-24(2)10-12-26/h9-12,15,18-20,22,25,28H,3-8,13-14,16-17,21,23H2,1-2H3. The van der Waals surface area contributed by atoms with Crippen LogP contribution in [-0.4, -0.2) is 12.7 Å². The molecule has 210 valence electrons. The first-order valence-electron chi connectivity index (χ1n) is 14.5. The van der Waals surface area contributed by atoms with Gasteiger partial charge in [0.1, 0.15) is 11.6 Å². The third kappa shape index (κ3) is 8.11.